The number of alkyl halides is 2. The van der Waals surface area contributed by atoms with E-state index in [0.29, 0.717) is 18.5 Å². The van der Waals surface area contributed by atoms with Gasteiger partial charge in [-0.15, -0.1) is 0 Å². The normalized spacial score (nSPS) is 22.2. The average molecular weight is 273 g/mol. The molecule has 0 spiro atoms. The second-order valence-electron chi connectivity index (χ2n) is 4.84. The molecule has 4 nitrogen and oxygen atoms in total. The van der Waals surface area contributed by atoms with Crippen LogP contribution < -0.4 is 0 Å². The van der Waals surface area contributed by atoms with Gasteiger partial charge in [0.05, 0.1) is 12.3 Å². The maximum Gasteiger partial charge on any atom is 0.376 e. The predicted octanol–water partition coefficient (Wildman–Crippen LogP) is 3.45. The first kappa shape index (κ1) is 14.0. The molecule has 0 aromatic carbocycles. The van der Waals surface area contributed by atoms with E-state index in [2.05, 4.69) is 4.98 Å². The lowest BCUT2D eigenvalue weighted by atomic mass is 9.86. The van der Waals surface area contributed by atoms with Crippen molar-refractivity contribution in [1.29, 1.82) is 0 Å². The number of halogens is 2. The summed E-state index contributed by atoms with van der Waals surface area (Å²) < 4.78 is 36.9. The van der Waals surface area contributed by atoms with E-state index in [-0.39, 0.29) is 31.1 Å². The number of hydrogen-bond donors (Lipinski definition) is 0. The number of carbonyl (C=O) groups is 1. The zero-order valence-corrected chi connectivity index (χ0v) is 11.0. The SMILES string of the molecule is CCOC(=O)c1oc(C2CCCC(F)(F)C2)nc1C. The Bertz CT molecular complexity index is 470. The van der Waals surface area contributed by atoms with Crippen LogP contribution in [0.1, 0.15) is 60.7 Å². The molecule has 6 heteroatoms. The van der Waals surface area contributed by atoms with E-state index < -0.39 is 17.8 Å². The first-order valence-electron chi connectivity index (χ1n) is 6.45. The summed E-state index contributed by atoms with van der Waals surface area (Å²) in [7, 11) is 0. The lowest BCUT2D eigenvalue weighted by molar-refractivity contribution is -0.0436. The molecule has 1 saturated carbocycles. The minimum absolute atomic E-state index is 0.0192. The average Bonchev–Trinajstić information content (AvgIpc) is 2.70. The summed E-state index contributed by atoms with van der Waals surface area (Å²) in [5.41, 5.74) is 0.391. The third-order valence-electron chi connectivity index (χ3n) is 3.26. The van der Waals surface area contributed by atoms with Gasteiger partial charge in [0.1, 0.15) is 0 Å². The topological polar surface area (TPSA) is 52.3 Å². The van der Waals surface area contributed by atoms with Crippen LogP contribution in [-0.2, 0) is 4.74 Å². The monoisotopic (exact) mass is 273 g/mol. The van der Waals surface area contributed by atoms with Crippen LogP contribution in [0, 0.1) is 6.92 Å². The van der Waals surface area contributed by atoms with Crippen molar-refractivity contribution in [2.45, 2.75) is 51.4 Å². The van der Waals surface area contributed by atoms with Crippen molar-refractivity contribution < 1.29 is 22.7 Å². The summed E-state index contributed by atoms with van der Waals surface area (Å²) in [5, 5.41) is 0. The van der Waals surface area contributed by atoms with E-state index in [9.17, 15) is 13.6 Å². The molecule has 1 atom stereocenters. The standard InChI is InChI=1S/C13H17F2NO3/c1-3-18-12(17)10-8(2)16-11(19-10)9-5-4-6-13(14,15)7-9/h9H,3-7H2,1-2H3. The molecule has 0 aliphatic heterocycles. The minimum atomic E-state index is -2.67. The van der Waals surface area contributed by atoms with E-state index >= 15 is 0 Å². The second-order valence-corrected chi connectivity index (χ2v) is 4.84. The maximum absolute atomic E-state index is 13.4. The Morgan fingerprint density at radius 1 is 1.58 bits per heavy atom. The van der Waals surface area contributed by atoms with Gasteiger partial charge in [0.25, 0.3) is 0 Å². The zero-order chi connectivity index (χ0) is 14.0. The van der Waals surface area contributed by atoms with Gasteiger partial charge >= 0.3 is 5.97 Å². The summed E-state index contributed by atoms with van der Waals surface area (Å²) in [6, 6.07) is 0. The molecule has 1 aliphatic carbocycles. The number of oxazole rings is 1. The highest BCUT2D eigenvalue weighted by Crippen LogP contribution is 2.41. The second kappa shape index (κ2) is 5.27. The van der Waals surface area contributed by atoms with Gasteiger partial charge in [-0.2, -0.15) is 0 Å². The molecule has 0 amide bonds. The van der Waals surface area contributed by atoms with Crippen molar-refractivity contribution in [3.8, 4) is 0 Å². The highest BCUT2D eigenvalue weighted by Gasteiger charge is 2.39. The van der Waals surface area contributed by atoms with Gasteiger partial charge in [0, 0.05) is 18.8 Å². The van der Waals surface area contributed by atoms with Crippen LogP contribution in [0.2, 0.25) is 0 Å². The molecule has 1 aliphatic rings. The predicted molar refractivity (Wildman–Crippen MR) is 63.4 cm³/mol. The number of rotatable bonds is 3. The van der Waals surface area contributed by atoms with Crippen molar-refractivity contribution in [1.82, 2.24) is 4.98 Å². The third kappa shape index (κ3) is 3.11. The quantitative estimate of drug-likeness (QED) is 0.791. The van der Waals surface area contributed by atoms with Crippen LogP contribution in [0.15, 0.2) is 4.42 Å². The first-order valence-corrected chi connectivity index (χ1v) is 6.45. The van der Waals surface area contributed by atoms with Crippen LogP contribution in [0.4, 0.5) is 8.78 Å². The number of carbonyl (C=O) groups excluding carboxylic acids is 1. The van der Waals surface area contributed by atoms with Crippen molar-refractivity contribution in [2.24, 2.45) is 0 Å². The minimum Gasteiger partial charge on any atom is -0.460 e. The van der Waals surface area contributed by atoms with Gasteiger partial charge in [0.2, 0.25) is 11.7 Å². The Morgan fingerprint density at radius 3 is 2.95 bits per heavy atom. The van der Waals surface area contributed by atoms with Gasteiger partial charge in [-0.05, 0) is 26.7 Å². The Labute approximate surface area is 110 Å². The van der Waals surface area contributed by atoms with E-state index in [1.165, 1.54) is 0 Å². The summed E-state index contributed by atoms with van der Waals surface area (Å²) in [6.45, 7) is 3.53. The summed E-state index contributed by atoms with van der Waals surface area (Å²) in [6.07, 6.45) is 0.689. The van der Waals surface area contributed by atoms with Crippen molar-refractivity contribution in [3.63, 3.8) is 0 Å². The van der Waals surface area contributed by atoms with Crippen molar-refractivity contribution in [3.05, 3.63) is 17.3 Å². The van der Waals surface area contributed by atoms with Gasteiger partial charge in [-0.1, -0.05) is 0 Å². The van der Waals surface area contributed by atoms with Gasteiger partial charge in [-0.25, -0.2) is 18.6 Å². The van der Waals surface area contributed by atoms with Crippen molar-refractivity contribution in [2.75, 3.05) is 6.61 Å². The highest BCUT2D eigenvalue weighted by molar-refractivity contribution is 5.87. The fourth-order valence-electron chi connectivity index (χ4n) is 2.36. The summed E-state index contributed by atoms with van der Waals surface area (Å²) >= 11 is 0. The molecule has 0 saturated heterocycles. The molecule has 1 fully saturated rings. The maximum atomic E-state index is 13.4. The molecule has 2 rings (SSSR count). The fraction of sp³-hybridized carbons (Fsp3) is 0.692. The molecule has 1 aromatic rings. The third-order valence-corrected chi connectivity index (χ3v) is 3.26. The lowest BCUT2D eigenvalue weighted by Crippen LogP contribution is -2.25. The van der Waals surface area contributed by atoms with Crippen LogP contribution in [-0.4, -0.2) is 23.5 Å². The molecule has 1 unspecified atom stereocenters. The Kier molecular flexibility index (Phi) is 3.87. The molecular formula is C13H17F2NO3. The van der Waals surface area contributed by atoms with Crippen LogP contribution in [0.5, 0.6) is 0 Å². The molecule has 1 heterocycles. The van der Waals surface area contributed by atoms with Crippen molar-refractivity contribution >= 4 is 5.97 Å². The number of nitrogens with zero attached hydrogens (tertiary/aromatic N) is 1. The Balaban J connectivity index is 2.17. The lowest BCUT2D eigenvalue weighted by Gasteiger charge is -2.26. The first-order chi connectivity index (χ1) is 8.93. The smallest absolute Gasteiger partial charge is 0.376 e. The Hall–Kier alpha value is -1.46. The number of aromatic nitrogens is 1. The van der Waals surface area contributed by atoms with Gasteiger partial charge < -0.3 is 9.15 Å². The molecule has 0 bridgehead atoms. The zero-order valence-electron chi connectivity index (χ0n) is 11.0. The molecule has 19 heavy (non-hydrogen) atoms. The molecular weight excluding hydrogens is 256 g/mol. The van der Waals surface area contributed by atoms with Crippen LogP contribution in [0.25, 0.3) is 0 Å². The number of aryl methyl sites for hydroxylation is 1. The van der Waals surface area contributed by atoms with E-state index in [4.69, 9.17) is 9.15 Å². The van der Waals surface area contributed by atoms with Crippen LogP contribution >= 0.6 is 0 Å². The summed E-state index contributed by atoms with van der Waals surface area (Å²) in [4.78, 5) is 15.7. The fourth-order valence-corrected chi connectivity index (χ4v) is 2.36. The molecule has 0 radical (unpaired) electrons. The largest absolute Gasteiger partial charge is 0.460 e. The van der Waals surface area contributed by atoms with E-state index in [0.717, 1.165) is 0 Å². The highest BCUT2D eigenvalue weighted by atomic mass is 19.3. The van der Waals surface area contributed by atoms with Crippen LogP contribution in [0.3, 0.4) is 0 Å². The molecule has 106 valence electrons. The van der Waals surface area contributed by atoms with Gasteiger partial charge in [-0.3, -0.25) is 0 Å². The van der Waals surface area contributed by atoms with Gasteiger partial charge in [0.15, 0.2) is 5.89 Å². The molecule has 1 aromatic heterocycles. The molecule has 0 N–H and O–H groups in total. The van der Waals surface area contributed by atoms with E-state index in [1.54, 1.807) is 13.8 Å². The van der Waals surface area contributed by atoms with E-state index in [1.807, 2.05) is 0 Å². The summed E-state index contributed by atoms with van der Waals surface area (Å²) in [5.74, 6) is -3.45. The Morgan fingerprint density at radius 2 is 2.32 bits per heavy atom. The number of esters is 1. The number of hydrogen-bond acceptors (Lipinski definition) is 4. The number of ether oxygens (including phenoxy) is 1.